The monoisotopic (exact) mass is 329 g/mol. The minimum Gasteiger partial charge on any atom is -0.368 e. The summed E-state index contributed by atoms with van der Waals surface area (Å²) in [4.78, 5) is 27.9. The molecule has 5 heteroatoms. The van der Waals surface area contributed by atoms with Gasteiger partial charge in [-0.05, 0) is 50.1 Å². The Morgan fingerprint density at radius 1 is 1.04 bits per heavy atom. The molecule has 1 aromatic carbocycles. The molecule has 1 atom stereocenters. The van der Waals surface area contributed by atoms with E-state index < -0.39 is 0 Å². The first-order valence-corrected chi connectivity index (χ1v) is 8.98. The highest BCUT2D eigenvalue weighted by Crippen LogP contribution is 2.23. The van der Waals surface area contributed by atoms with Gasteiger partial charge in [0.15, 0.2) is 0 Å². The van der Waals surface area contributed by atoms with Crippen molar-refractivity contribution in [3.05, 3.63) is 35.9 Å². The molecule has 1 unspecified atom stereocenters. The van der Waals surface area contributed by atoms with Crippen molar-refractivity contribution >= 4 is 11.8 Å². The standard InChI is InChI=1S/C19H27N3O2/c20-19(24)17-7-4-10-22(17)14-18(23)21-11-8-16(9-12-21)13-15-5-2-1-3-6-15/h1-3,5-6,16-17H,4,7-14H2,(H2,20,24). The van der Waals surface area contributed by atoms with Crippen molar-refractivity contribution in [2.45, 2.75) is 38.1 Å². The Kier molecular flexibility index (Phi) is 5.51. The molecule has 0 aromatic heterocycles. The molecule has 2 amide bonds. The van der Waals surface area contributed by atoms with Gasteiger partial charge in [-0.25, -0.2) is 0 Å². The summed E-state index contributed by atoms with van der Waals surface area (Å²) in [6.07, 6.45) is 4.93. The second-order valence-corrected chi connectivity index (χ2v) is 7.04. The van der Waals surface area contributed by atoms with E-state index in [1.165, 1.54) is 5.56 Å². The van der Waals surface area contributed by atoms with Crippen LogP contribution >= 0.6 is 0 Å². The summed E-state index contributed by atoms with van der Waals surface area (Å²) in [5.41, 5.74) is 6.81. The molecule has 2 aliphatic heterocycles. The quantitative estimate of drug-likeness (QED) is 0.888. The predicted molar refractivity (Wildman–Crippen MR) is 93.2 cm³/mol. The van der Waals surface area contributed by atoms with Crippen molar-refractivity contribution in [1.82, 2.24) is 9.80 Å². The number of rotatable bonds is 5. The van der Waals surface area contributed by atoms with Crippen LogP contribution in [-0.4, -0.2) is 53.8 Å². The highest BCUT2D eigenvalue weighted by molar-refractivity contribution is 5.82. The lowest BCUT2D eigenvalue weighted by molar-refractivity contribution is -0.134. The first kappa shape index (κ1) is 17.0. The van der Waals surface area contributed by atoms with E-state index in [1.54, 1.807) is 0 Å². The molecule has 2 fully saturated rings. The Bertz CT molecular complexity index is 567. The van der Waals surface area contributed by atoms with Crippen molar-refractivity contribution < 1.29 is 9.59 Å². The summed E-state index contributed by atoms with van der Waals surface area (Å²) in [6.45, 7) is 2.78. The first-order chi connectivity index (χ1) is 11.6. The van der Waals surface area contributed by atoms with Gasteiger partial charge in [-0.3, -0.25) is 14.5 Å². The van der Waals surface area contributed by atoms with Gasteiger partial charge in [0, 0.05) is 13.1 Å². The summed E-state index contributed by atoms with van der Waals surface area (Å²) < 4.78 is 0. The maximum absolute atomic E-state index is 12.5. The minimum absolute atomic E-state index is 0.140. The normalized spacial score (nSPS) is 22.7. The van der Waals surface area contributed by atoms with Crippen LogP contribution in [0, 0.1) is 5.92 Å². The molecule has 0 spiro atoms. The number of carbonyl (C=O) groups excluding carboxylic acids is 2. The average molecular weight is 329 g/mol. The number of likely N-dealkylation sites (tertiary alicyclic amines) is 2. The molecule has 0 radical (unpaired) electrons. The van der Waals surface area contributed by atoms with E-state index in [-0.39, 0.29) is 17.9 Å². The van der Waals surface area contributed by atoms with Crippen molar-refractivity contribution in [3.63, 3.8) is 0 Å². The van der Waals surface area contributed by atoms with Crippen LogP contribution in [0.25, 0.3) is 0 Å². The van der Waals surface area contributed by atoms with E-state index >= 15 is 0 Å². The predicted octanol–water partition coefficient (Wildman–Crippen LogP) is 1.42. The zero-order valence-electron chi connectivity index (χ0n) is 14.2. The second kappa shape index (κ2) is 7.79. The molecule has 2 aliphatic rings. The highest BCUT2D eigenvalue weighted by Gasteiger charge is 2.32. The number of piperidine rings is 1. The van der Waals surface area contributed by atoms with Crippen LogP contribution in [-0.2, 0) is 16.0 Å². The number of hydrogen-bond donors (Lipinski definition) is 1. The van der Waals surface area contributed by atoms with Gasteiger partial charge < -0.3 is 10.6 Å². The SMILES string of the molecule is NC(=O)C1CCCN1CC(=O)N1CCC(Cc2ccccc2)CC1. The van der Waals surface area contributed by atoms with E-state index in [2.05, 4.69) is 24.3 Å². The van der Waals surface area contributed by atoms with Gasteiger partial charge in [0.05, 0.1) is 12.6 Å². The van der Waals surface area contributed by atoms with Gasteiger partial charge in [-0.2, -0.15) is 0 Å². The van der Waals surface area contributed by atoms with Crippen LogP contribution in [0.4, 0.5) is 0 Å². The zero-order valence-corrected chi connectivity index (χ0v) is 14.2. The number of carbonyl (C=O) groups is 2. The summed E-state index contributed by atoms with van der Waals surface area (Å²) >= 11 is 0. The summed E-state index contributed by atoms with van der Waals surface area (Å²) in [6, 6.07) is 10.3. The number of nitrogens with zero attached hydrogens (tertiary/aromatic N) is 2. The van der Waals surface area contributed by atoms with Gasteiger partial charge in [-0.1, -0.05) is 30.3 Å². The molecule has 2 saturated heterocycles. The van der Waals surface area contributed by atoms with Crippen LogP contribution in [0.5, 0.6) is 0 Å². The fourth-order valence-electron chi connectivity index (χ4n) is 3.95. The smallest absolute Gasteiger partial charge is 0.236 e. The molecular weight excluding hydrogens is 302 g/mol. The second-order valence-electron chi connectivity index (χ2n) is 7.04. The lowest BCUT2D eigenvalue weighted by atomic mass is 9.90. The lowest BCUT2D eigenvalue weighted by Crippen LogP contribution is -2.48. The number of primary amides is 1. The Morgan fingerprint density at radius 3 is 2.42 bits per heavy atom. The van der Waals surface area contributed by atoms with Crippen LogP contribution in [0.15, 0.2) is 30.3 Å². The zero-order chi connectivity index (χ0) is 16.9. The van der Waals surface area contributed by atoms with E-state index in [0.717, 1.165) is 51.7 Å². The third-order valence-corrected chi connectivity index (χ3v) is 5.36. The lowest BCUT2D eigenvalue weighted by Gasteiger charge is -2.33. The molecule has 130 valence electrons. The van der Waals surface area contributed by atoms with Gasteiger partial charge in [0.2, 0.25) is 11.8 Å². The molecule has 5 nitrogen and oxygen atoms in total. The Balaban J connectivity index is 1.46. The summed E-state index contributed by atoms with van der Waals surface area (Å²) in [7, 11) is 0. The molecule has 24 heavy (non-hydrogen) atoms. The number of nitrogens with two attached hydrogens (primary N) is 1. The summed E-state index contributed by atoms with van der Waals surface area (Å²) in [5, 5.41) is 0. The Hall–Kier alpha value is -1.88. The summed E-state index contributed by atoms with van der Waals surface area (Å²) in [5.74, 6) is 0.491. The Morgan fingerprint density at radius 2 is 1.75 bits per heavy atom. The molecule has 2 N–H and O–H groups in total. The average Bonchev–Trinajstić information content (AvgIpc) is 3.05. The van der Waals surface area contributed by atoms with E-state index in [9.17, 15) is 9.59 Å². The number of hydrogen-bond acceptors (Lipinski definition) is 3. The molecular formula is C19H27N3O2. The van der Waals surface area contributed by atoms with Crippen LogP contribution in [0.3, 0.4) is 0 Å². The Labute approximate surface area is 143 Å². The van der Waals surface area contributed by atoms with Gasteiger partial charge in [-0.15, -0.1) is 0 Å². The van der Waals surface area contributed by atoms with Gasteiger partial charge in [0.1, 0.15) is 0 Å². The van der Waals surface area contributed by atoms with E-state index in [0.29, 0.717) is 12.5 Å². The third kappa shape index (κ3) is 4.15. The minimum atomic E-state index is -0.304. The van der Waals surface area contributed by atoms with E-state index in [4.69, 9.17) is 5.73 Å². The van der Waals surface area contributed by atoms with Crippen LogP contribution in [0.1, 0.15) is 31.2 Å². The van der Waals surface area contributed by atoms with Crippen LogP contribution < -0.4 is 5.73 Å². The van der Waals surface area contributed by atoms with Crippen molar-refractivity contribution in [3.8, 4) is 0 Å². The molecule has 0 aliphatic carbocycles. The first-order valence-electron chi connectivity index (χ1n) is 8.98. The van der Waals surface area contributed by atoms with Crippen molar-refractivity contribution in [2.24, 2.45) is 11.7 Å². The third-order valence-electron chi connectivity index (χ3n) is 5.36. The number of benzene rings is 1. The molecule has 2 heterocycles. The molecule has 0 bridgehead atoms. The maximum atomic E-state index is 12.5. The van der Waals surface area contributed by atoms with Crippen molar-refractivity contribution in [2.75, 3.05) is 26.2 Å². The topological polar surface area (TPSA) is 66.6 Å². The maximum Gasteiger partial charge on any atom is 0.236 e. The molecule has 1 aromatic rings. The fourth-order valence-corrected chi connectivity index (χ4v) is 3.95. The number of amides is 2. The van der Waals surface area contributed by atoms with Gasteiger partial charge in [0.25, 0.3) is 0 Å². The van der Waals surface area contributed by atoms with E-state index in [1.807, 2.05) is 15.9 Å². The van der Waals surface area contributed by atoms with Gasteiger partial charge >= 0.3 is 0 Å². The highest BCUT2D eigenvalue weighted by atomic mass is 16.2. The molecule has 3 rings (SSSR count). The largest absolute Gasteiger partial charge is 0.368 e. The molecule has 0 saturated carbocycles. The van der Waals surface area contributed by atoms with Crippen molar-refractivity contribution in [1.29, 1.82) is 0 Å². The van der Waals surface area contributed by atoms with Crippen LogP contribution in [0.2, 0.25) is 0 Å². The fraction of sp³-hybridized carbons (Fsp3) is 0.579.